The Bertz CT molecular complexity index is 3570. The van der Waals surface area contributed by atoms with E-state index >= 15 is 0 Å². The van der Waals surface area contributed by atoms with E-state index in [1.54, 1.807) is 0 Å². The number of fused-ring (bicyclic) bond motifs is 16. The molecule has 9 aromatic carbocycles. The van der Waals surface area contributed by atoms with E-state index in [4.69, 9.17) is 14.5 Å². The van der Waals surface area contributed by atoms with Crippen LogP contribution in [0, 0.1) is 11.3 Å². The lowest BCUT2D eigenvalue weighted by Gasteiger charge is -2.48. The fraction of sp³-hybridized carbons (Fsp3) is 0.0323. The molecule has 68 heavy (non-hydrogen) atoms. The average Bonchev–Trinajstić information content (AvgIpc) is 3.41. The van der Waals surface area contributed by atoms with Crippen molar-refractivity contribution in [3.63, 3.8) is 0 Å². The van der Waals surface area contributed by atoms with Crippen molar-refractivity contribution in [3.8, 4) is 40.2 Å². The van der Waals surface area contributed by atoms with Crippen molar-refractivity contribution in [1.29, 1.82) is 5.26 Å². The van der Waals surface area contributed by atoms with Gasteiger partial charge in [0.2, 0.25) is 0 Å². The standard InChI is InChI=1S/C62H38N4O2/c63-38-40-33-35-51(65-52-25-9-1-17-43(52)61(44-18-2-10-26-53(44)65)47-21-5-13-29-56(47)67-57-30-14-6-22-48(57)61)42(37-40)41-34-36-60(64-39-41)66-54-27-11-3-19-45(54)62(46-20-4-12-28-55(46)66)49-23-7-15-31-58(49)68-59-32-16-8-24-50(59)62/h1-37,39H. The Balaban J connectivity index is 0.942. The molecule has 5 heterocycles. The van der Waals surface area contributed by atoms with E-state index in [-0.39, 0.29) is 0 Å². The molecule has 0 fully saturated rings. The molecule has 2 spiro atoms. The first-order chi connectivity index (χ1) is 33.7. The van der Waals surface area contributed by atoms with Crippen molar-refractivity contribution in [2.24, 2.45) is 0 Å². The van der Waals surface area contributed by atoms with Crippen molar-refractivity contribution < 1.29 is 9.47 Å². The molecule has 0 N–H and O–H groups in total. The highest BCUT2D eigenvalue weighted by molar-refractivity contribution is 5.96. The summed E-state index contributed by atoms with van der Waals surface area (Å²) in [5.74, 6) is 4.15. The maximum atomic E-state index is 10.4. The quantitative estimate of drug-likeness (QED) is 0.176. The van der Waals surface area contributed by atoms with Crippen molar-refractivity contribution in [1.82, 2.24) is 4.98 Å². The molecule has 0 radical (unpaired) electrons. The van der Waals surface area contributed by atoms with Gasteiger partial charge in [0, 0.05) is 39.6 Å². The van der Waals surface area contributed by atoms with Crippen LogP contribution in [0.2, 0.25) is 0 Å². The van der Waals surface area contributed by atoms with Crippen molar-refractivity contribution >= 4 is 34.3 Å². The fourth-order valence-electron chi connectivity index (χ4n) is 11.9. The Hall–Kier alpha value is -9.18. The summed E-state index contributed by atoms with van der Waals surface area (Å²) in [5, 5.41) is 10.4. The van der Waals surface area contributed by atoms with Gasteiger partial charge >= 0.3 is 0 Å². The van der Waals surface area contributed by atoms with E-state index in [9.17, 15) is 5.26 Å². The van der Waals surface area contributed by atoms with Gasteiger partial charge < -0.3 is 14.4 Å². The third-order valence-corrected chi connectivity index (χ3v) is 14.5. The third kappa shape index (κ3) is 5.02. The molecule has 4 aliphatic heterocycles. The van der Waals surface area contributed by atoms with Gasteiger partial charge in [-0.15, -0.1) is 0 Å². The number of hydrogen-bond acceptors (Lipinski definition) is 6. The van der Waals surface area contributed by atoms with Gasteiger partial charge in [-0.25, -0.2) is 4.98 Å². The molecule has 0 bridgehead atoms. The molecule has 6 nitrogen and oxygen atoms in total. The van der Waals surface area contributed by atoms with Gasteiger partial charge in [0.15, 0.2) is 0 Å². The van der Waals surface area contributed by atoms with E-state index in [2.05, 4.69) is 204 Å². The second-order valence-electron chi connectivity index (χ2n) is 17.7. The monoisotopic (exact) mass is 870 g/mol. The van der Waals surface area contributed by atoms with Crippen LogP contribution < -0.4 is 19.3 Å². The second kappa shape index (κ2) is 14.4. The van der Waals surface area contributed by atoms with E-state index in [0.29, 0.717) is 5.56 Å². The summed E-state index contributed by atoms with van der Waals surface area (Å²) in [7, 11) is 0. The summed E-state index contributed by atoms with van der Waals surface area (Å²) in [6.45, 7) is 0. The Morgan fingerprint density at radius 3 is 1.12 bits per heavy atom. The molecule has 0 aliphatic carbocycles. The normalized spacial score (nSPS) is 14.6. The number of rotatable bonds is 3. The number of para-hydroxylation sites is 8. The number of nitriles is 1. The van der Waals surface area contributed by atoms with Crippen molar-refractivity contribution in [3.05, 3.63) is 281 Å². The summed E-state index contributed by atoms with van der Waals surface area (Å²) in [6.07, 6.45) is 1.96. The number of pyridine rings is 1. The van der Waals surface area contributed by atoms with E-state index in [0.717, 1.165) is 113 Å². The van der Waals surface area contributed by atoms with Crippen molar-refractivity contribution in [2.45, 2.75) is 10.8 Å². The topological polar surface area (TPSA) is 61.6 Å². The van der Waals surface area contributed by atoms with E-state index in [1.165, 1.54) is 0 Å². The van der Waals surface area contributed by atoms with Gasteiger partial charge in [-0.3, -0.25) is 4.90 Å². The highest BCUT2D eigenvalue weighted by atomic mass is 16.5. The molecular formula is C62H38N4O2. The second-order valence-corrected chi connectivity index (χ2v) is 17.7. The predicted molar refractivity (Wildman–Crippen MR) is 268 cm³/mol. The van der Waals surface area contributed by atoms with Gasteiger partial charge in [0.25, 0.3) is 0 Å². The summed E-state index contributed by atoms with van der Waals surface area (Å²) in [6, 6.07) is 81.2. The zero-order valence-electron chi connectivity index (χ0n) is 36.5. The number of ether oxygens (including phenoxy) is 2. The number of benzene rings is 9. The molecule has 0 saturated carbocycles. The minimum Gasteiger partial charge on any atom is -0.457 e. The molecular weight excluding hydrogens is 833 g/mol. The molecule has 10 aromatic rings. The highest BCUT2D eigenvalue weighted by Crippen LogP contribution is 2.65. The lowest BCUT2D eigenvalue weighted by Crippen LogP contribution is -2.39. The SMILES string of the molecule is N#Cc1ccc(N2c3ccccc3C3(c4ccccc4Oc4ccccc43)c3ccccc32)c(-c2ccc(N3c4ccccc4C4(c5ccccc5Oc5ccccc54)c4ccccc43)nc2)c1. The number of aromatic nitrogens is 1. The molecule has 0 atom stereocenters. The summed E-state index contributed by atoms with van der Waals surface area (Å²) in [5.41, 5.74) is 15.1. The Kier molecular flexibility index (Phi) is 8.08. The lowest BCUT2D eigenvalue weighted by atomic mass is 9.61. The van der Waals surface area contributed by atoms with Crippen LogP contribution in [0.3, 0.4) is 0 Å². The first-order valence-corrected chi connectivity index (χ1v) is 22.9. The molecule has 4 aliphatic rings. The number of anilines is 6. The average molecular weight is 871 g/mol. The van der Waals surface area contributed by atoms with Crippen LogP contribution >= 0.6 is 0 Å². The first-order valence-electron chi connectivity index (χ1n) is 22.9. The lowest BCUT2D eigenvalue weighted by molar-refractivity contribution is 0.433. The van der Waals surface area contributed by atoms with E-state index < -0.39 is 10.8 Å². The van der Waals surface area contributed by atoms with Crippen LogP contribution in [0.15, 0.2) is 231 Å². The highest BCUT2D eigenvalue weighted by Gasteiger charge is 2.53. The maximum absolute atomic E-state index is 10.4. The largest absolute Gasteiger partial charge is 0.457 e. The predicted octanol–water partition coefficient (Wildman–Crippen LogP) is 15.2. The van der Waals surface area contributed by atoms with Crippen LogP contribution in [-0.4, -0.2) is 4.98 Å². The van der Waals surface area contributed by atoms with Crippen LogP contribution in [-0.2, 0) is 10.8 Å². The van der Waals surface area contributed by atoms with Crippen molar-refractivity contribution in [2.75, 3.05) is 9.80 Å². The Labute approximate surface area is 393 Å². The van der Waals surface area contributed by atoms with Gasteiger partial charge in [-0.2, -0.15) is 5.26 Å². The molecule has 0 saturated heterocycles. The maximum Gasteiger partial charge on any atom is 0.137 e. The first kappa shape index (κ1) is 38.1. The molecule has 1 aromatic heterocycles. The zero-order chi connectivity index (χ0) is 45.0. The van der Waals surface area contributed by atoms with Crippen LogP contribution in [0.5, 0.6) is 23.0 Å². The molecule has 0 amide bonds. The van der Waals surface area contributed by atoms with Crippen LogP contribution in [0.4, 0.5) is 34.3 Å². The van der Waals surface area contributed by atoms with Crippen LogP contribution in [0.1, 0.15) is 50.1 Å². The minimum absolute atomic E-state index is 0.566. The van der Waals surface area contributed by atoms with Gasteiger partial charge in [-0.05, 0) is 101 Å². The number of nitrogens with zero attached hydrogens (tertiary/aromatic N) is 4. The number of hydrogen-bond donors (Lipinski definition) is 0. The minimum atomic E-state index is -0.667. The van der Waals surface area contributed by atoms with Gasteiger partial charge in [0.1, 0.15) is 28.8 Å². The Morgan fingerprint density at radius 1 is 0.368 bits per heavy atom. The molecule has 318 valence electrons. The van der Waals surface area contributed by atoms with Crippen LogP contribution in [0.25, 0.3) is 11.1 Å². The fourth-order valence-corrected chi connectivity index (χ4v) is 11.9. The smallest absolute Gasteiger partial charge is 0.137 e. The molecule has 14 rings (SSSR count). The third-order valence-electron chi connectivity index (χ3n) is 14.5. The summed E-state index contributed by atoms with van der Waals surface area (Å²) < 4.78 is 13.3. The summed E-state index contributed by atoms with van der Waals surface area (Å²) in [4.78, 5) is 9.98. The van der Waals surface area contributed by atoms with Gasteiger partial charge in [0.05, 0.1) is 50.9 Å². The molecule has 0 unspecified atom stereocenters. The zero-order valence-corrected chi connectivity index (χ0v) is 36.5. The molecule has 6 heteroatoms. The van der Waals surface area contributed by atoms with E-state index in [1.807, 2.05) is 42.6 Å². The van der Waals surface area contributed by atoms with Gasteiger partial charge in [-0.1, -0.05) is 146 Å². The summed E-state index contributed by atoms with van der Waals surface area (Å²) >= 11 is 0. The Morgan fingerprint density at radius 2 is 0.735 bits per heavy atom.